The number of nitrogens with one attached hydrogen (secondary N) is 1. The molecule has 6 heteroatoms. The highest BCUT2D eigenvalue weighted by Gasteiger charge is 2.28. The molecule has 2 atom stereocenters. The number of rotatable bonds is 4. The summed E-state index contributed by atoms with van der Waals surface area (Å²) < 4.78 is 31.7. The first kappa shape index (κ1) is 13.3. The highest BCUT2D eigenvalue weighted by molar-refractivity contribution is 7.89. The Morgan fingerprint density at radius 1 is 1.33 bits per heavy atom. The first-order valence-corrected chi connectivity index (χ1v) is 7.58. The molecular formula is C12H17NO4S. The number of carbonyl (C=O) groups is 1. The van der Waals surface area contributed by atoms with Gasteiger partial charge in [-0.3, -0.25) is 4.79 Å². The number of hydrogen-bond donors (Lipinski definition) is 1. The van der Waals surface area contributed by atoms with Crippen LogP contribution in [-0.2, 0) is 10.0 Å². The van der Waals surface area contributed by atoms with Crippen LogP contribution in [0.15, 0.2) is 21.6 Å². The van der Waals surface area contributed by atoms with E-state index in [0.717, 1.165) is 25.7 Å². The second-order valence-corrected chi connectivity index (χ2v) is 6.41. The van der Waals surface area contributed by atoms with Crippen molar-refractivity contribution in [2.24, 2.45) is 5.92 Å². The zero-order chi connectivity index (χ0) is 13.2. The molecule has 100 valence electrons. The van der Waals surface area contributed by atoms with Crippen molar-refractivity contribution in [2.75, 3.05) is 0 Å². The molecule has 5 nitrogen and oxygen atoms in total. The van der Waals surface area contributed by atoms with Gasteiger partial charge < -0.3 is 4.42 Å². The highest BCUT2D eigenvalue weighted by atomic mass is 32.2. The Morgan fingerprint density at radius 3 is 2.67 bits per heavy atom. The third-order valence-electron chi connectivity index (χ3n) is 3.40. The van der Waals surface area contributed by atoms with Gasteiger partial charge in [0.25, 0.3) is 10.0 Å². The summed E-state index contributed by atoms with van der Waals surface area (Å²) in [7, 11) is -3.66. The Kier molecular flexibility index (Phi) is 3.87. The molecule has 2 unspecified atom stereocenters. The summed E-state index contributed by atoms with van der Waals surface area (Å²) in [6, 6.07) is 2.61. The molecule has 2 rings (SSSR count). The van der Waals surface area contributed by atoms with E-state index in [-0.39, 0.29) is 16.9 Å². The van der Waals surface area contributed by atoms with Gasteiger partial charge in [0.1, 0.15) is 0 Å². The van der Waals surface area contributed by atoms with Crippen molar-refractivity contribution in [2.45, 2.75) is 43.7 Å². The SMILES string of the molecule is CC1CCCCC1NS(=O)(=O)c1ccc(C=O)o1. The van der Waals surface area contributed by atoms with E-state index < -0.39 is 10.0 Å². The summed E-state index contributed by atoms with van der Waals surface area (Å²) in [6.07, 6.45) is 4.56. The van der Waals surface area contributed by atoms with Gasteiger partial charge >= 0.3 is 0 Å². The van der Waals surface area contributed by atoms with E-state index in [1.165, 1.54) is 12.1 Å². The zero-order valence-corrected chi connectivity index (χ0v) is 11.1. The molecule has 18 heavy (non-hydrogen) atoms. The van der Waals surface area contributed by atoms with Gasteiger partial charge in [0.15, 0.2) is 12.0 Å². The quantitative estimate of drug-likeness (QED) is 0.849. The van der Waals surface area contributed by atoms with Crippen molar-refractivity contribution in [3.05, 3.63) is 17.9 Å². The second-order valence-electron chi connectivity index (χ2n) is 4.76. The maximum absolute atomic E-state index is 12.1. The van der Waals surface area contributed by atoms with Crippen molar-refractivity contribution in [1.29, 1.82) is 0 Å². The minimum Gasteiger partial charge on any atom is -0.440 e. The van der Waals surface area contributed by atoms with Crippen molar-refractivity contribution in [3.8, 4) is 0 Å². The molecule has 0 bridgehead atoms. The average Bonchev–Trinajstić information content (AvgIpc) is 2.81. The largest absolute Gasteiger partial charge is 0.440 e. The Bertz CT molecular complexity index is 520. The van der Waals surface area contributed by atoms with Crippen LogP contribution in [0.4, 0.5) is 0 Å². The lowest BCUT2D eigenvalue weighted by Crippen LogP contribution is -2.40. The molecule has 1 aliphatic carbocycles. The summed E-state index contributed by atoms with van der Waals surface area (Å²) in [5, 5.41) is -0.192. The number of carbonyl (C=O) groups excluding carboxylic acids is 1. The molecule has 1 aliphatic rings. The molecule has 0 amide bonds. The van der Waals surface area contributed by atoms with Crippen LogP contribution >= 0.6 is 0 Å². The predicted molar refractivity (Wildman–Crippen MR) is 65.8 cm³/mol. The number of hydrogen-bond acceptors (Lipinski definition) is 4. The van der Waals surface area contributed by atoms with Crippen LogP contribution in [-0.4, -0.2) is 20.7 Å². The predicted octanol–water partition coefficient (Wildman–Crippen LogP) is 1.95. The van der Waals surface area contributed by atoms with E-state index in [0.29, 0.717) is 12.2 Å². The number of aldehydes is 1. The Balaban J connectivity index is 2.13. The van der Waals surface area contributed by atoms with Crippen molar-refractivity contribution in [3.63, 3.8) is 0 Å². The fraction of sp³-hybridized carbons (Fsp3) is 0.583. The van der Waals surface area contributed by atoms with Gasteiger partial charge in [-0.2, -0.15) is 0 Å². The van der Waals surface area contributed by atoms with E-state index in [4.69, 9.17) is 4.42 Å². The molecule has 0 radical (unpaired) electrons. The minimum atomic E-state index is -3.66. The van der Waals surface area contributed by atoms with Crippen LogP contribution in [0.1, 0.15) is 43.2 Å². The van der Waals surface area contributed by atoms with Crippen LogP contribution in [0.25, 0.3) is 0 Å². The van der Waals surface area contributed by atoms with E-state index in [9.17, 15) is 13.2 Å². The Labute approximate surface area is 107 Å². The van der Waals surface area contributed by atoms with Crippen LogP contribution in [0, 0.1) is 5.92 Å². The number of sulfonamides is 1. The van der Waals surface area contributed by atoms with E-state index in [2.05, 4.69) is 4.72 Å². The summed E-state index contributed by atoms with van der Waals surface area (Å²) in [5.74, 6) is 0.348. The van der Waals surface area contributed by atoms with Crippen LogP contribution < -0.4 is 4.72 Å². The third-order valence-corrected chi connectivity index (χ3v) is 4.76. The van der Waals surface area contributed by atoms with Gasteiger partial charge in [-0.25, -0.2) is 13.1 Å². The molecule has 1 heterocycles. The molecule has 0 spiro atoms. The maximum atomic E-state index is 12.1. The molecule has 0 saturated heterocycles. The Morgan fingerprint density at radius 2 is 2.06 bits per heavy atom. The lowest BCUT2D eigenvalue weighted by Gasteiger charge is -2.28. The van der Waals surface area contributed by atoms with Gasteiger partial charge in [-0.1, -0.05) is 19.8 Å². The third kappa shape index (κ3) is 2.81. The van der Waals surface area contributed by atoms with Crippen molar-refractivity contribution in [1.82, 2.24) is 4.72 Å². The summed E-state index contributed by atoms with van der Waals surface area (Å²) in [4.78, 5) is 10.5. The molecule has 1 N–H and O–H groups in total. The van der Waals surface area contributed by atoms with E-state index >= 15 is 0 Å². The molecule has 0 aromatic carbocycles. The molecule has 1 aromatic heterocycles. The summed E-state index contributed by atoms with van der Waals surface area (Å²) in [5.41, 5.74) is 0. The van der Waals surface area contributed by atoms with Crippen LogP contribution in [0.5, 0.6) is 0 Å². The normalized spacial score (nSPS) is 24.9. The average molecular weight is 271 g/mol. The second kappa shape index (κ2) is 5.24. The lowest BCUT2D eigenvalue weighted by molar-refractivity contribution is 0.109. The first-order chi connectivity index (χ1) is 8.53. The van der Waals surface area contributed by atoms with Gasteiger partial charge in [-0.15, -0.1) is 0 Å². The Hall–Kier alpha value is -1.14. The highest BCUT2D eigenvalue weighted by Crippen LogP contribution is 2.25. The van der Waals surface area contributed by atoms with Gasteiger partial charge in [-0.05, 0) is 30.9 Å². The first-order valence-electron chi connectivity index (χ1n) is 6.10. The van der Waals surface area contributed by atoms with Gasteiger partial charge in [0.2, 0.25) is 5.09 Å². The minimum absolute atomic E-state index is 0.0204. The topological polar surface area (TPSA) is 76.4 Å². The van der Waals surface area contributed by atoms with Gasteiger partial charge in [0.05, 0.1) is 0 Å². The molecular weight excluding hydrogens is 254 g/mol. The van der Waals surface area contributed by atoms with E-state index in [1.807, 2.05) is 6.92 Å². The molecule has 0 aliphatic heterocycles. The summed E-state index contributed by atoms with van der Waals surface area (Å²) >= 11 is 0. The fourth-order valence-corrected chi connectivity index (χ4v) is 3.61. The monoisotopic (exact) mass is 271 g/mol. The van der Waals surface area contributed by atoms with Crippen molar-refractivity contribution < 1.29 is 17.6 Å². The smallest absolute Gasteiger partial charge is 0.274 e. The maximum Gasteiger partial charge on any atom is 0.274 e. The van der Waals surface area contributed by atoms with Crippen LogP contribution in [0.3, 0.4) is 0 Å². The zero-order valence-electron chi connectivity index (χ0n) is 10.3. The lowest BCUT2D eigenvalue weighted by atomic mass is 9.87. The standard InChI is InChI=1S/C12H17NO4S/c1-9-4-2-3-5-11(9)13-18(15,16)12-7-6-10(8-14)17-12/h6-9,11,13H,2-5H2,1H3. The van der Waals surface area contributed by atoms with Crippen LogP contribution in [0.2, 0.25) is 0 Å². The van der Waals surface area contributed by atoms with Crippen molar-refractivity contribution >= 4 is 16.3 Å². The van der Waals surface area contributed by atoms with E-state index in [1.54, 1.807) is 0 Å². The summed E-state index contributed by atoms with van der Waals surface area (Å²) in [6.45, 7) is 2.05. The fourth-order valence-electron chi connectivity index (χ4n) is 2.29. The molecule has 1 saturated carbocycles. The van der Waals surface area contributed by atoms with Gasteiger partial charge in [0, 0.05) is 6.04 Å². The number of furan rings is 1. The molecule has 1 aromatic rings. The molecule has 1 fully saturated rings.